The zero-order valence-electron chi connectivity index (χ0n) is 18.6. The van der Waals surface area contributed by atoms with Gasteiger partial charge in [0.25, 0.3) is 0 Å². The smallest absolute Gasteiger partial charge is 0.228 e. The molecule has 0 aliphatic heterocycles. The molecule has 0 N–H and O–H groups in total. The maximum Gasteiger partial charge on any atom is 0.228 e. The number of nitrogens with zero attached hydrogens (tertiary/aromatic N) is 4. The summed E-state index contributed by atoms with van der Waals surface area (Å²) in [5.41, 5.74) is 6.65. The summed E-state index contributed by atoms with van der Waals surface area (Å²) >= 11 is 5.60. The second-order valence-corrected chi connectivity index (χ2v) is 8.80. The normalized spacial score (nSPS) is 17.0. The van der Waals surface area contributed by atoms with E-state index >= 15 is 0 Å². The lowest BCUT2D eigenvalue weighted by atomic mass is 9.84. The Morgan fingerprint density at radius 1 is 1.16 bits per heavy atom. The average molecular weight is 443 g/mol. The molecule has 2 aromatic carbocycles. The SMILES string of the molecule is Cc1ccccc1C(=S)O/N=C1/c2c(n(C)c3ccccc23)CCC1Cn1ccnc1C. The molecule has 0 saturated carbocycles. The molecule has 6 heteroatoms. The van der Waals surface area contributed by atoms with Gasteiger partial charge in [0.2, 0.25) is 5.05 Å². The summed E-state index contributed by atoms with van der Waals surface area (Å²) in [6.45, 7) is 4.88. The lowest BCUT2D eigenvalue weighted by Gasteiger charge is -2.26. The number of imidazole rings is 1. The number of oxime groups is 1. The minimum absolute atomic E-state index is 0.209. The van der Waals surface area contributed by atoms with Gasteiger partial charge in [0.15, 0.2) is 0 Å². The van der Waals surface area contributed by atoms with Gasteiger partial charge in [-0.05, 0) is 56.6 Å². The summed E-state index contributed by atoms with van der Waals surface area (Å²) in [4.78, 5) is 10.3. The van der Waals surface area contributed by atoms with Crippen molar-refractivity contribution in [3.05, 3.63) is 89.1 Å². The van der Waals surface area contributed by atoms with E-state index in [0.29, 0.717) is 5.05 Å². The van der Waals surface area contributed by atoms with Gasteiger partial charge in [-0.3, -0.25) is 0 Å². The number of aryl methyl sites for hydroxylation is 3. The zero-order chi connectivity index (χ0) is 22.2. The highest BCUT2D eigenvalue weighted by atomic mass is 32.1. The number of aromatic nitrogens is 3. The fourth-order valence-corrected chi connectivity index (χ4v) is 5.02. The van der Waals surface area contributed by atoms with Crippen molar-refractivity contribution in [3.8, 4) is 0 Å². The first kappa shape index (κ1) is 20.6. The van der Waals surface area contributed by atoms with Crippen molar-refractivity contribution in [2.75, 3.05) is 0 Å². The summed E-state index contributed by atoms with van der Waals surface area (Å²) in [7, 11) is 2.14. The Labute approximate surface area is 193 Å². The van der Waals surface area contributed by atoms with Gasteiger partial charge < -0.3 is 14.0 Å². The number of fused-ring (bicyclic) bond motifs is 3. The first-order valence-electron chi connectivity index (χ1n) is 10.9. The monoisotopic (exact) mass is 442 g/mol. The second-order valence-electron chi connectivity index (χ2n) is 8.43. The fourth-order valence-electron chi connectivity index (χ4n) is 4.75. The van der Waals surface area contributed by atoms with E-state index < -0.39 is 0 Å². The van der Waals surface area contributed by atoms with Crippen LogP contribution in [-0.2, 0) is 24.9 Å². The van der Waals surface area contributed by atoms with Crippen molar-refractivity contribution in [2.45, 2.75) is 33.2 Å². The Kier molecular flexibility index (Phi) is 5.39. The average Bonchev–Trinajstić information content (AvgIpc) is 3.34. The standard InChI is InChI=1S/C26H26N4OS/c1-17-8-4-5-9-20(17)26(32)31-28-25-19(16-30-15-14-27-18(30)2)12-13-23-24(25)21-10-6-7-11-22(21)29(23)3/h4-11,14-15,19H,12-13,16H2,1-3H3/b28-25+. The van der Waals surface area contributed by atoms with E-state index in [4.69, 9.17) is 22.2 Å². The molecule has 1 aliphatic carbocycles. The van der Waals surface area contributed by atoms with Gasteiger partial charge in [0.1, 0.15) is 5.82 Å². The van der Waals surface area contributed by atoms with Crippen molar-refractivity contribution in [3.63, 3.8) is 0 Å². The molecule has 2 heterocycles. The number of hydrogen-bond donors (Lipinski definition) is 0. The van der Waals surface area contributed by atoms with Gasteiger partial charge in [-0.1, -0.05) is 41.6 Å². The molecule has 0 bridgehead atoms. The third-order valence-electron chi connectivity index (χ3n) is 6.53. The quantitative estimate of drug-likeness (QED) is 0.316. The molecule has 0 amide bonds. The number of thiocarbonyl (C=S) groups is 1. The van der Waals surface area contributed by atoms with E-state index in [0.717, 1.165) is 42.0 Å². The van der Waals surface area contributed by atoms with Gasteiger partial charge in [-0.2, -0.15) is 0 Å². The van der Waals surface area contributed by atoms with Crippen molar-refractivity contribution >= 4 is 33.9 Å². The molecule has 1 aliphatic rings. The molecule has 4 aromatic rings. The summed E-state index contributed by atoms with van der Waals surface area (Å²) < 4.78 is 4.48. The molecule has 0 saturated heterocycles. The van der Waals surface area contributed by atoms with E-state index in [2.05, 4.69) is 45.4 Å². The molecule has 2 aromatic heterocycles. The molecule has 1 unspecified atom stereocenters. The van der Waals surface area contributed by atoms with Gasteiger partial charge >= 0.3 is 0 Å². The van der Waals surface area contributed by atoms with Crippen molar-refractivity contribution in [1.82, 2.24) is 14.1 Å². The first-order chi connectivity index (χ1) is 15.5. The highest BCUT2D eigenvalue weighted by molar-refractivity contribution is 7.80. The number of benzene rings is 2. The number of rotatable bonds is 4. The summed E-state index contributed by atoms with van der Waals surface area (Å²) in [5.74, 6) is 1.21. The van der Waals surface area contributed by atoms with E-state index in [1.165, 1.54) is 22.2 Å². The summed E-state index contributed by atoms with van der Waals surface area (Å²) in [6, 6.07) is 16.5. The van der Waals surface area contributed by atoms with Crippen LogP contribution in [0, 0.1) is 19.8 Å². The third kappa shape index (κ3) is 3.54. The van der Waals surface area contributed by atoms with Crippen LogP contribution in [0.4, 0.5) is 0 Å². The molecule has 1 atom stereocenters. The van der Waals surface area contributed by atoms with Gasteiger partial charge in [0.05, 0.1) is 5.71 Å². The van der Waals surface area contributed by atoms with Crippen LogP contribution >= 0.6 is 12.2 Å². The summed E-state index contributed by atoms with van der Waals surface area (Å²) in [6.07, 6.45) is 5.88. The topological polar surface area (TPSA) is 44.3 Å². The van der Waals surface area contributed by atoms with Crippen LogP contribution in [0.1, 0.15) is 34.6 Å². The lowest BCUT2D eigenvalue weighted by Crippen LogP contribution is -2.28. The van der Waals surface area contributed by atoms with Crippen LogP contribution < -0.4 is 0 Å². The Hall–Kier alpha value is -3.25. The van der Waals surface area contributed by atoms with Crippen LogP contribution in [0.5, 0.6) is 0 Å². The molecular formula is C26H26N4OS. The Bertz CT molecular complexity index is 1350. The number of para-hydroxylation sites is 1. The van der Waals surface area contributed by atoms with E-state index in [9.17, 15) is 0 Å². The van der Waals surface area contributed by atoms with Crippen LogP contribution in [0.25, 0.3) is 10.9 Å². The number of hydrogen-bond acceptors (Lipinski definition) is 4. The largest absolute Gasteiger partial charge is 0.347 e. The molecule has 0 spiro atoms. The third-order valence-corrected chi connectivity index (χ3v) is 6.83. The first-order valence-corrected chi connectivity index (χ1v) is 11.3. The maximum absolute atomic E-state index is 5.93. The van der Waals surface area contributed by atoms with Gasteiger partial charge in [0, 0.05) is 59.6 Å². The van der Waals surface area contributed by atoms with Gasteiger partial charge in [-0.25, -0.2) is 4.98 Å². The Morgan fingerprint density at radius 2 is 1.94 bits per heavy atom. The minimum atomic E-state index is 0.209. The molecule has 5 rings (SSSR count). The summed E-state index contributed by atoms with van der Waals surface area (Å²) in [5, 5.41) is 6.34. The van der Waals surface area contributed by atoms with E-state index in [1.54, 1.807) is 0 Å². The van der Waals surface area contributed by atoms with Gasteiger partial charge in [-0.15, -0.1) is 0 Å². The Balaban J connectivity index is 1.58. The minimum Gasteiger partial charge on any atom is -0.347 e. The highest BCUT2D eigenvalue weighted by Crippen LogP contribution is 2.35. The predicted molar refractivity (Wildman–Crippen MR) is 132 cm³/mol. The molecular weight excluding hydrogens is 416 g/mol. The van der Waals surface area contributed by atoms with E-state index in [-0.39, 0.29) is 5.92 Å². The van der Waals surface area contributed by atoms with Crippen LogP contribution in [0.3, 0.4) is 0 Å². The second kappa shape index (κ2) is 8.36. The molecule has 0 fully saturated rings. The molecule has 0 radical (unpaired) electrons. The predicted octanol–water partition coefficient (Wildman–Crippen LogP) is 5.35. The maximum atomic E-state index is 5.93. The van der Waals surface area contributed by atoms with Crippen molar-refractivity contribution < 1.29 is 4.84 Å². The molecule has 32 heavy (non-hydrogen) atoms. The van der Waals surface area contributed by atoms with Crippen LogP contribution in [0.2, 0.25) is 0 Å². The molecule has 5 nitrogen and oxygen atoms in total. The fraction of sp³-hybridized carbons (Fsp3) is 0.269. The van der Waals surface area contributed by atoms with Crippen molar-refractivity contribution in [1.29, 1.82) is 0 Å². The van der Waals surface area contributed by atoms with Crippen molar-refractivity contribution in [2.24, 2.45) is 18.1 Å². The zero-order valence-corrected chi connectivity index (χ0v) is 19.4. The highest BCUT2D eigenvalue weighted by Gasteiger charge is 2.31. The lowest BCUT2D eigenvalue weighted by molar-refractivity contribution is 0.330. The Morgan fingerprint density at radius 3 is 2.72 bits per heavy atom. The van der Waals surface area contributed by atoms with Crippen LogP contribution in [-0.4, -0.2) is 24.9 Å². The molecule has 162 valence electrons. The van der Waals surface area contributed by atoms with Crippen LogP contribution in [0.15, 0.2) is 66.1 Å². The van der Waals surface area contributed by atoms with E-state index in [1.807, 2.05) is 50.5 Å².